The van der Waals surface area contributed by atoms with E-state index in [9.17, 15) is 13.6 Å². The summed E-state index contributed by atoms with van der Waals surface area (Å²) in [5, 5.41) is 0. The third kappa shape index (κ3) is 2.29. The van der Waals surface area contributed by atoms with Gasteiger partial charge in [0.15, 0.2) is 17.4 Å². The first-order valence-electron chi connectivity index (χ1n) is 5.26. The molecule has 0 N–H and O–H groups in total. The van der Waals surface area contributed by atoms with Crippen LogP contribution in [0.15, 0.2) is 36.4 Å². The summed E-state index contributed by atoms with van der Waals surface area (Å²) in [5.41, 5.74) is 0.328. The van der Waals surface area contributed by atoms with Gasteiger partial charge < -0.3 is 0 Å². The zero-order valence-corrected chi connectivity index (χ0v) is 11.7. The van der Waals surface area contributed by atoms with Crippen molar-refractivity contribution in [3.63, 3.8) is 0 Å². The minimum atomic E-state index is -1.08. The maximum absolute atomic E-state index is 13.7. The van der Waals surface area contributed by atoms with Crippen LogP contribution in [0.25, 0.3) is 0 Å². The van der Waals surface area contributed by atoms with Crippen molar-refractivity contribution in [2.45, 2.75) is 6.92 Å². The highest BCUT2D eigenvalue weighted by molar-refractivity contribution is 14.1. The maximum atomic E-state index is 13.7. The predicted molar refractivity (Wildman–Crippen MR) is 73.7 cm³/mol. The normalized spacial score (nSPS) is 10.4. The summed E-state index contributed by atoms with van der Waals surface area (Å²) in [6.45, 7) is 1.46. The summed E-state index contributed by atoms with van der Waals surface area (Å²) >= 11 is 1.99. The van der Waals surface area contributed by atoms with Crippen molar-refractivity contribution in [2.75, 3.05) is 0 Å². The maximum Gasteiger partial charge on any atom is 0.197 e. The molecule has 0 bridgehead atoms. The Hall–Kier alpha value is -1.30. The number of carbonyl (C=O) groups excluding carboxylic acids is 1. The number of aryl methyl sites for hydroxylation is 1. The van der Waals surface area contributed by atoms with Crippen LogP contribution in [0.4, 0.5) is 8.78 Å². The Labute approximate surface area is 117 Å². The molecular formula is C14H9F2IO. The molecule has 0 fully saturated rings. The first-order valence-corrected chi connectivity index (χ1v) is 6.34. The number of ketones is 1. The fourth-order valence-electron chi connectivity index (χ4n) is 1.61. The molecule has 0 spiro atoms. The molecule has 0 atom stereocenters. The third-order valence-electron chi connectivity index (χ3n) is 2.64. The van der Waals surface area contributed by atoms with Crippen molar-refractivity contribution in [2.24, 2.45) is 0 Å². The van der Waals surface area contributed by atoms with E-state index in [2.05, 4.69) is 0 Å². The molecular weight excluding hydrogens is 349 g/mol. The summed E-state index contributed by atoms with van der Waals surface area (Å²) < 4.78 is 27.9. The van der Waals surface area contributed by atoms with Crippen LogP contribution in [0.5, 0.6) is 0 Å². The van der Waals surface area contributed by atoms with Gasteiger partial charge in [-0.15, -0.1) is 0 Å². The van der Waals surface area contributed by atoms with E-state index in [0.717, 1.165) is 0 Å². The minimum absolute atomic E-state index is 0.187. The van der Waals surface area contributed by atoms with Crippen molar-refractivity contribution in [3.05, 3.63) is 68.3 Å². The molecule has 4 heteroatoms. The first-order chi connectivity index (χ1) is 8.52. The van der Waals surface area contributed by atoms with E-state index in [1.54, 1.807) is 24.3 Å². The molecule has 0 aromatic heterocycles. The fraction of sp³-hybridized carbons (Fsp3) is 0.0714. The second-order valence-electron chi connectivity index (χ2n) is 3.87. The van der Waals surface area contributed by atoms with Gasteiger partial charge in [0, 0.05) is 9.13 Å². The quantitative estimate of drug-likeness (QED) is 0.583. The van der Waals surface area contributed by atoms with Crippen LogP contribution < -0.4 is 0 Å². The Bertz CT molecular complexity index is 623. The zero-order valence-electron chi connectivity index (χ0n) is 9.51. The van der Waals surface area contributed by atoms with E-state index >= 15 is 0 Å². The Kier molecular flexibility index (Phi) is 3.75. The molecule has 92 valence electrons. The molecule has 0 radical (unpaired) electrons. The van der Waals surface area contributed by atoms with Crippen molar-refractivity contribution < 1.29 is 13.6 Å². The summed E-state index contributed by atoms with van der Waals surface area (Å²) in [4.78, 5) is 12.1. The van der Waals surface area contributed by atoms with E-state index in [-0.39, 0.29) is 11.1 Å². The van der Waals surface area contributed by atoms with Gasteiger partial charge in [-0.25, -0.2) is 8.78 Å². The minimum Gasteiger partial charge on any atom is -0.288 e. The highest BCUT2D eigenvalue weighted by Gasteiger charge is 2.19. The van der Waals surface area contributed by atoms with E-state index in [0.29, 0.717) is 9.13 Å². The Morgan fingerprint density at radius 3 is 2.33 bits per heavy atom. The molecule has 1 nitrogen and oxygen atoms in total. The molecule has 0 amide bonds. The average Bonchev–Trinajstić information content (AvgIpc) is 2.36. The van der Waals surface area contributed by atoms with Gasteiger partial charge in [-0.2, -0.15) is 0 Å². The van der Waals surface area contributed by atoms with Gasteiger partial charge in [0.2, 0.25) is 0 Å². The van der Waals surface area contributed by atoms with Gasteiger partial charge in [0.25, 0.3) is 0 Å². The number of carbonyl (C=O) groups is 1. The standard InChI is InChI=1S/C14H9F2IO/c1-8-6-7-10(13(16)12(8)15)14(18)9-4-2-3-5-11(9)17/h2-7H,1H3. The Morgan fingerprint density at radius 2 is 1.67 bits per heavy atom. The van der Waals surface area contributed by atoms with Crippen molar-refractivity contribution in [3.8, 4) is 0 Å². The van der Waals surface area contributed by atoms with Gasteiger partial charge in [-0.1, -0.05) is 18.2 Å². The molecule has 0 saturated carbocycles. The van der Waals surface area contributed by atoms with Gasteiger partial charge in [0.1, 0.15) is 0 Å². The third-order valence-corrected chi connectivity index (χ3v) is 3.58. The van der Waals surface area contributed by atoms with E-state index in [1.807, 2.05) is 22.6 Å². The lowest BCUT2D eigenvalue weighted by Crippen LogP contribution is -2.08. The molecule has 18 heavy (non-hydrogen) atoms. The predicted octanol–water partition coefficient (Wildman–Crippen LogP) is 4.11. The molecule has 0 unspecified atom stereocenters. The van der Waals surface area contributed by atoms with Crippen molar-refractivity contribution >= 4 is 28.4 Å². The number of hydrogen-bond acceptors (Lipinski definition) is 1. The molecule has 0 aliphatic rings. The largest absolute Gasteiger partial charge is 0.288 e. The van der Waals surface area contributed by atoms with Gasteiger partial charge in [0.05, 0.1) is 5.56 Å². The lowest BCUT2D eigenvalue weighted by molar-refractivity contribution is 0.103. The van der Waals surface area contributed by atoms with Crippen molar-refractivity contribution in [1.82, 2.24) is 0 Å². The second-order valence-corrected chi connectivity index (χ2v) is 5.03. The zero-order chi connectivity index (χ0) is 13.3. The molecule has 0 saturated heterocycles. The molecule has 2 aromatic rings. The van der Waals surface area contributed by atoms with Crippen LogP contribution in [0, 0.1) is 22.1 Å². The van der Waals surface area contributed by atoms with Crippen LogP contribution in [-0.4, -0.2) is 5.78 Å². The van der Waals surface area contributed by atoms with Crippen molar-refractivity contribution in [1.29, 1.82) is 0 Å². The fourth-order valence-corrected chi connectivity index (χ4v) is 2.24. The van der Waals surface area contributed by atoms with Crippen LogP contribution in [0.2, 0.25) is 0 Å². The molecule has 0 heterocycles. The molecule has 0 aliphatic carbocycles. The highest BCUT2D eigenvalue weighted by atomic mass is 127. The number of rotatable bonds is 2. The molecule has 2 aromatic carbocycles. The monoisotopic (exact) mass is 358 g/mol. The number of halogens is 3. The Balaban J connectivity index is 2.54. The van der Waals surface area contributed by atoms with Gasteiger partial charge >= 0.3 is 0 Å². The highest BCUT2D eigenvalue weighted by Crippen LogP contribution is 2.21. The summed E-state index contributed by atoms with van der Waals surface area (Å²) in [7, 11) is 0. The summed E-state index contributed by atoms with van der Waals surface area (Å²) in [6.07, 6.45) is 0. The lowest BCUT2D eigenvalue weighted by Gasteiger charge is -2.06. The van der Waals surface area contributed by atoms with Crippen LogP contribution >= 0.6 is 22.6 Å². The van der Waals surface area contributed by atoms with Crippen LogP contribution in [-0.2, 0) is 0 Å². The number of hydrogen-bond donors (Lipinski definition) is 0. The average molecular weight is 358 g/mol. The molecule has 2 rings (SSSR count). The van der Waals surface area contributed by atoms with Crippen LogP contribution in [0.1, 0.15) is 21.5 Å². The van der Waals surface area contributed by atoms with Crippen LogP contribution in [0.3, 0.4) is 0 Å². The van der Waals surface area contributed by atoms with E-state index < -0.39 is 17.4 Å². The molecule has 0 aliphatic heterocycles. The van der Waals surface area contributed by atoms with E-state index in [1.165, 1.54) is 19.1 Å². The Morgan fingerprint density at radius 1 is 1.00 bits per heavy atom. The number of benzene rings is 2. The van der Waals surface area contributed by atoms with E-state index in [4.69, 9.17) is 0 Å². The summed E-state index contributed by atoms with van der Waals surface area (Å²) in [6, 6.07) is 9.54. The first kappa shape index (κ1) is 13.1. The van der Waals surface area contributed by atoms with Gasteiger partial charge in [-0.05, 0) is 53.3 Å². The second kappa shape index (κ2) is 5.14. The summed E-state index contributed by atoms with van der Waals surface area (Å²) in [5.74, 6) is -2.55. The topological polar surface area (TPSA) is 17.1 Å². The smallest absolute Gasteiger partial charge is 0.197 e. The lowest BCUT2D eigenvalue weighted by atomic mass is 10.0. The SMILES string of the molecule is Cc1ccc(C(=O)c2ccccc2I)c(F)c1F. The van der Waals surface area contributed by atoms with Gasteiger partial charge in [-0.3, -0.25) is 4.79 Å².